The Morgan fingerprint density at radius 3 is 2.95 bits per heavy atom. The van der Waals surface area contributed by atoms with Crippen molar-refractivity contribution in [1.82, 2.24) is 5.32 Å². The molecule has 2 rings (SSSR count). The van der Waals surface area contributed by atoms with E-state index >= 15 is 0 Å². The lowest BCUT2D eigenvalue weighted by Crippen LogP contribution is -2.19. The van der Waals surface area contributed by atoms with Crippen LogP contribution < -0.4 is 15.8 Å². The van der Waals surface area contributed by atoms with Gasteiger partial charge in [-0.05, 0) is 35.9 Å². The summed E-state index contributed by atoms with van der Waals surface area (Å²) in [5.74, 6) is 1.13. The summed E-state index contributed by atoms with van der Waals surface area (Å²) in [6.45, 7) is 0.362. The van der Waals surface area contributed by atoms with E-state index in [1.54, 1.807) is 43.7 Å². The molecule has 0 bridgehead atoms. The lowest BCUT2D eigenvalue weighted by atomic mass is 10.1. The molecule has 0 saturated heterocycles. The minimum Gasteiger partial charge on any atom is -0.495 e. The van der Waals surface area contributed by atoms with E-state index in [-0.39, 0.29) is 5.91 Å². The van der Waals surface area contributed by atoms with E-state index in [0.717, 1.165) is 5.56 Å². The Morgan fingerprint density at radius 2 is 2.30 bits per heavy atom. The minimum absolute atomic E-state index is 0.198. The predicted octanol–water partition coefficient (Wildman–Crippen LogP) is 2.20. The molecule has 20 heavy (non-hydrogen) atoms. The van der Waals surface area contributed by atoms with Crippen molar-refractivity contribution in [3.63, 3.8) is 0 Å². The molecule has 1 heterocycles. The zero-order valence-electron chi connectivity index (χ0n) is 11.1. The van der Waals surface area contributed by atoms with Crippen LogP contribution in [0.25, 0.3) is 6.08 Å². The molecule has 5 nitrogen and oxygen atoms in total. The van der Waals surface area contributed by atoms with Crippen molar-refractivity contribution in [3.05, 3.63) is 54.0 Å². The van der Waals surface area contributed by atoms with Crippen molar-refractivity contribution in [3.8, 4) is 5.75 Å². The number of hydrogen-bond donors (Lipinski definition) is 2. The first-order chi connectivity index (χ1) is 9.69. The highest BCUT2D eigenvalue weighted by atomic mass is 16.5. The molecule has 0 aliphatic rings. The molecule has 1 aromatic heterocycles. The third-order valence-corrected chi connectivity index (χ3v) is 2.70. The number of carbonyl (C=O) groups excluding carboxylic acids is 1. The second-order valence-electron chi connectivity index (χ2n) is 4.13. The Labute approximate surface area is 117 Å². The maximum Gasteiger partial charge on any atom is 0.244 e. The molecule has 2 aromatic rings. The number of nitrogens with two attached hydrogens (primary N) is 1. The second-order valence-corrected chi connectivity index (χ2v) is 4.13. The average Bonchev–Trinajstić information content (AvgIpc) is 2.96. The Hall–Kier alpha value is -2.69. The molecule has 104 valence electrons. The van der Waals surface area contributed by atoms with Crippen molar-refractivity contribution in [2.24, 2.45) is 0 Å². The van der Waals surface area contributed by atoms with Gasteiger partial charge >= 0.3 is 0 Å². The van der Waals surface area contributed by atoms with Gasteiger partial charge in [-0.1, -0.05) is 6.07 Å². The molecule has 0 atom stereocenters. The fourth-order valence-corrected chi connectivity index (χ4v) is 1.67. The van der Waals surface area contributed by atoms with Gasteiger partial charge in [0.2, 0.25) is 5.91 Å². The van der Waals surface area contributed by atoms with Gasteiger partial charge in [0.1, 0.15) is 11.5 Å². The molecule has 0 unspecified atom stereocenters. The van der Waals surface area contributed by atoms with Gasteiger partial charge in [-0.2, -0.15) is 0 Å². The molecule has 5 heteroatoms. The number of rotatable bonds is 5. The number of hydrogen-bond acceptors (Lipinski definition) is 4. The molecule has 1 aromatic carbocycles. The number of methoxy groups -OCH3 is 1. The molecule has 0 radical (unpaired) electrons. The molecule has 0 aliphatic heterocycles. The number of benzene rings is 1. The molecule has 3 N–H and O–H groups in total. The molecule has 0 aliphatic carbocycles. The van der Waals surface area contributed by atoms with Crippen molar-refractivity contribution in [1.29, 1.82) is 0 Å². The highest BCUT2D eigenvalue weighted by Gasteiger charge is 2.00. The summed E-state index contributed by atoms with van der Waals surface area (Å²) in [5.41, 5.74) is 7.15. The fraction of sp³-hybridized carbons (Fsp3) is 0.133. The first-order valence-corrected chi connectivity index (χ1v) is 6.11. The smallest absolute Gasteiger partial charge is 0.244 e. The lowest BCUT2D eigenvalue weighted by Gasteiger charge is -2.04. The van der Waals surface area contributed by atoms with Crippen LogP contribution in [-0.2, 0) is 11.3 Å². The van der Waals surface area contributed by atoms with E-state index in [2.05, 4.69) is 5.32 Å². The van der Waals surface area contributed by atoms with Gasteiger partial charge in [0.05, 0.1) is 25.6 Å². The summed E-state index contributed by atoms with van der Waals surface area (Å²) >= 11 is 0. The Bertz CT molecular complexity index is 604. The molecule has 1 amide bonds. The summed E-state index contributed by atoms with van der Waals surface area (Å²) < 4.78 is 10.2. The number of ether oxygens (including phenoxy) is 1. The van der Waals surface area contributed by atoms with Crippen LogP contribution in [0.5, 0.6) is 5.75 Å². The molecule has 0 spiro atoms. The van der Waals surface area contributed by atoms with Crippen molar-refractivity contribution in [2.45, 2.75) is 6.54 Å². The maximum atomic E-state index is 11.6. The summed E-state index contributed by atoms with van der Waals surface area (Å²) in [4.78, 5) is 11.6. The van der Waals surface area contributed by atoms with Gasteiger partial charge in [0.25, 0.3) is 0 Å². The SMILES string of the molecule is COc1ccc(/C=C/C(=O)NCc2ccco2)cc1N. The fourth-order valence-electron chi connectivity index (χ4n) is 1.67. The van der Waals surface area contributed by atoms with E-state index in [1.807, 2.05) is 6.07 Å². The topological polar surface area (TPSA) is 77.5 Å². The van der Waals surface area contributed by atoms with Crippen molar-refractivity contribution >= 4 is 17.7 Å². The van der Waals surface area contributed by atoms with Crippen molar-refractivity contribution < 1.29 is 13.9 Å². The van der Waals surface area contributed by atoms with E-state index in [1.165, 1.54) is 6.08 Å². The summed E-state index contributed by atoms with van der Waals surface area (Å²) in [6.07, 6.45) is 4.70. The molecule has 0 fully saturated rings. The van der Waals surface area contributed by atoms with Crippen LogP contribution in [0.15, 0.2) is 47.1 Å². The monoisotopic (exact) mass is 272 g/mol. The number of anilines is 1. The van der Waals surface area contributed by atoms with E-state index in [4.69, 9.17) is 14.9 Å². The van der Waals surface area contributed by atoms with Gasteiger partial charge < -0.3 is 20.2 Å². The summed E-state index contributed by atoms with van der Waals surface area (Å²) in [6, 6.07) is 8.90. The molecular formula is C15H16N2O3. The van der Waals surface area contributed by atoms with Gasteiger partial charge in [-0.3, -0.25) is 4.79 Å². The third kappa shape index (κ3) is 3.65. The average molecular weight is 272 g/mol. The number of amides is 1. The zero-order chi connectivity index (χ0) is 14.4. The van der Waals surface area contributed by atoms with Crippen LogP contribution in [0, 0.1) is 0 Å². The Balaban J connectivity index is 1.91. The molecule has 0 saturated carbocycles. The number of carbonyl (C=O) groups is 1. The second kappa shape index (κ2) is 6.47. The zero-order valence-corrected chi connectivity index (χ0v) is 11.1. The van der Waals surface area contributed by atoms with E-state index < -0.39 is 0 Å². The first kappa shape index (κ1) is 13.7. The standard InChI is InChI=1S/C15H16N2O3/c1-19-14-6-4-11(9-13(14)16)5-7-15(18)17-10-12-3-2-8-20-12/h2-9H,10,16H2,1H3,(H,17,18)/b7-5+. The largest absolute Gasteiger partial charge is 0.495 e. The Kier molecular flexibility index (Phi) is 4.44. The van der Waals surface area contributed by atoms with Gasteiger partial charge in [0, 0.05) is 6.08 Å². The van der Waals surface area contributed by atoms with Crippen LogP contribution in [-0.4, -0.2) is 13.0 Å². The van der Waals surface area contributed by atoms with Crippen LogP contribution in [0.4, 0.5) is 5.69 Å². The lowest BCUT2D eigenvalue weighted by molar-refractivity contribution is -0.116. The van der Waals surface area contributed by atoms with Crippen LogP contribution in [0.1, 0.15) is 11.3 Å². The first-order valence-electron chi connectivity index (χ1n) is 6.11. The highest BCUT2D eigenvalue weighted by Crippen LogP contribution is 2.22. The van der Waals surface area contributed by atoms with Crippen LogP contribution in [0.3, 0.4) is 0 Å². The van der Waals surface area contributed by atoms with Gasteiger partial charge in [-0.15, -0.1) is 0 Å². The van der Waals surface area contributed by atoms with Gasteiger partial charge in [0.15, 0.2) is 0 Å². The van der Waals surface area contributed by atoms with E-state index in [0.29, 0.717) is 23.7 Å². The maximum absolute atomic E-state index is 11.6. The third-order valence-electron chi connectivity index (χ3n) is 2.70. The minimum atomic E-state index is -0.198. The highest BCUT2D eigenvalue weighted by molar-refractivity contribution is 5.91. The van der Waals surface area contributed by atoms with Crippen LogP contribution >= 0.6 is 0 Å². The van der Waals surface area contributed by atoms with E-state index in [9.17, 15) is 4.79 Å². The Morgan fingerprint density at radius 1 is 1.45 bits per heavy atom. The number of nitrogen functional groups attached to an aromatic ring is 1. The van der Waals surface area contributed by atoms with Crippen molar-refractivity contribution in [2.75, 3.05) is 12.8 Å². The predicted molar refractivity (Wildman–Crippen MR) is 77.0 cm³/mol. The summed E-state index contributed by atoms with van der Waals surface area (Å²) in [7, 11) is 1.56. The normalized spacial score (nSPS) is 10.7. The van der Waals surface area contributed by atoms with Crippen LogP contribution in [0.2, 0.25) is 0 Å². The molecular weight excluding hydrogens is 256 g/mol. The number of nitrogens with one attached hydrogen (secondary N) is 1. The number of furan rings is 1. The summed E-state index contributed by atoms with van der Waals surface area (Å²) in [5, 5.41) is 2.72. The quantitative estimate of drug-likeness (QED) is 0.646. The van der Waals surface area contributed by atoms with Gasteiger partial charge in [-0.25, -0.2) is 0 Å².